The summed E-state index contributed by atoms with van der Waals surface area (Å²) >= 11 is 0. The number of ether oxygens (including phenoxy) is 2. The van der Waals surface area contributed by atoms with E-state index in [0.717, 1.165) is 18.4 Å². The Labute approximate surface area is 180 Å². The summed E-state index contributed by atoms with van der Waals surface area (Å²) in [5, 5.41) is 17.3. The normalized spacial score (nSPS) is 13.6. The van der Waals surface area contributed by atoms with Crippen LogP contribution in [0.5, 0.6) is 17.2 Å². The van der Waals surface area contributed by atoms with E-state index in [-0.39, 0.29) is 28.7 Å². The molecule has 1 fully saturated rings. The summed E-state index contributed by atoms with van der Waals surface area (Å²) in [6.07, 6.45) is 3.08. The maximum atomic E-state index is 12.9. The number of fused-ring (bicyclic) bond motifs is 1. The van der Waals surface area contributed by atoms with Gasteiger partial charge in [0, 0.05) is 12.1 Å². The molecule has 2 heterocycles. The molecule has 1 aliphatic carbocycles. The average Bonchev–Trinajstić information content (AvgIpc) is 3.54. The van der Waals surface area contributed by atoms with Crippen LogP contribution in [0.15, 0.2) is 59.5 Å². The molecule has 0 radical (unpaired) electrons. The molecular formula is C23H19F2N3O4. The Kier molecular flexibility index (Phi) is 5.01. The fourth-order valence-corrected chi connectivity index (χ4v) is 3.72. The summed E-state index contributed by atoms with van der Waals surface area (Å²) in [5.74, 6) is -0.145. The number of alkyl halides is 2. The van der Waals surface area contributed by atoms with Gasteiger partial charge in [0.1, 0.15) is 5.39 Å². The average molecular weight is 439 g/mol. The van der Waals surface area contributed by atoms with Gasteiger partial charge < -0.3 is 19.1 Å². The quantitative estimate of drug-likeness (QED) is 0.449. The second-order valence-electron chi connectivity index (χ2n) is 7.59. The molecule has 2 N–H and O–H groups in total. The van der Waals surface area contributed by atoms with E-state index >= 15 is 0 Å². The van der Waals surface area contributed by atoms with Crippen molar-refractivity contribution in [3.63, 3.8) is 0 Å². The second kappa shape index (κ2) is 7.99. The van der Waals surface area contributed by atoms with Crippen molar-refractivity contribution >= 4 is 10.9 Å². The molecule has 32 heavy (non-hydrogen) atoms. The standard InChI is InChI=1S/C23H19F2N3O4/c24-23(25)32-17-9-6-14(10-18(17)31-15-7-8-15)20-21(29)19-16(11-26-27-22(19)30)28(20)12-13-4-2-1-3-5-13/h1-6,9-11,15,23,29H,7-8,12H2,(H,27,30). The zero-order valence-corrected chi connectivity index (χ0v) is 16.8. The van der Waals surface area contributed by atoms with Crippen molar-refractivity contribution in [1.29, 1.82) is 0 Å². The first kappa shape index (κ1) is 20.0. The number of nitrogens with one attached hydrogen (secondary N) is 1. The number of hydrogen-bond acceptors (Lipinski definition) is 5. The molecule has 164 valence electrons. The Balaban J connectivity index is 1.69. The Bertz CT molecular complexity index is 1330. The lowest BCUT2D eigenvalue weighted by Crippen LogP contribution is -2.08. The van der Waals surface area contributed by atoms with Crippen LogP contribution in [0, 0.1) is 0 Å². The monoisotopic (exact) mass is 439 g/mol. The number of aromatic amines is 1. The first-order valence-electron chi connectivity index (χ1n) is 10.1. The SMILES string of the molecule is O=c1[nH]ncc2c1c(O)c(-c1ccc(OC(F)F)c(OC3CC3)c1)n2Cc1ccccc1. The molecule has 0 unspecified atom stereocenters. The van der Waals surface area contributed by atoms with Crippen molar-refractivity contribution in [1.82, 2.24) is 14.8 Å². The number of aromatic hydroxyl groups is 1. The zero-order valence-electron chi connectivity index (χ0n) is 16.8. The number of nitrogens with zero attached hydrogens (tertiary/aromatic N) is 2. The topological polar surface area (TPSA) is 89.4 Å². The van der Waals surface area contributed by atoms with Gasteiger partial charge in [-0.05, 0) is 36.6 Å². The third-order valence-corrected chi connectivity index (χ3v) is 5.29. The molecule has 1 saturated carbocycles. The summed E-state index contributed by atoms with van der Waals surface area (Å²) < 4.78 is 37.9. The fraction of sp³-hybridized carbons (Fsp3) is 0.217. The number of halogens is 2. The van der Waals surface area contributed by atoms with Gasteiger partial charge in [-0.2, -0.15) is 13.9 Å². The van der Waals surface area contributed by atoms with Crippen molar-refractivity contribution in [2.45, 2.75) is 32.1 Å². The van der Waals surface area contributed by atoms with Crippen LogP contribution >= 0.6 is 0 Å². The smallest absolute Gasteiger partial charge is 0.387 e. The summed E-state index contributed by atoms with van der Waals surface area (Å²) in [6.45, 7) is -2.64. The van der Waals surface area contributed by atoms with Crippen molar-refractivity contribution in [3.05, 3.63) is 70.6 Å². The number of benzene rings is 2. The molecule has 4 aromatic rings. The maximum Gasteiger partial charge on any atom is 0.387 e. The van der Waals surface area contributed by atoms with Gasteiger partial charge in [0.25, 0.3) is 5.56 Å². The van der Waals surface area contributed by atoms with Gasteiger partial charge in [0.2, 0.25) is 0 Å². The summed E-state index contributed by atoms with van der Waals surface area (Å²) in [5.41, 5.74) is 1.71. The van der Waals surface area contributed by atoms with E-state index in [1.165, 1.54) is 12.3 Å². The molecule has 0 saturated heterocycles. The lowest BCUT2D eigenvalue weighted by atomic mass is 10.1. The van der Waals surface area contributed by atoms with Crippen molar-refractivity contribution < 1.29 is 23.4 Å². The Morgan fingerprint density at radius 1 is 1.16 bits per heavy atom. The van der Waals surface area contributed by atoms with Gasteiger partial charge in [0.15, 0.2) is 17.2 Å². The van der Waals surface area contributed by atoms with Gasteiger partial charge >= 0.3 is 6.61 Å². The van der Waals surface area contributed by atoms with E-state index < -0.39 is 12.2 Å². The minimum absolute atomic E-state index is 0.0545. The molecule has 0 atom stereocenters. The summed E-state index contributed by atoms with van der Waals surface area (Å²) in [7, 11) is 0. The minimum atomic E-state index is -3.00. The molecule has 2 aromatic heterocycles. The first-order valence-corrected chi connectivity index (χ1v) is 10.1. The number of aromatic nitrogens is 3. The maximum absolute atomic E-state index is 12.9. The minimum Gasteiger partial charge on any atom is -0.505 e. The highest BCUT2D eigenvalue weighted by molar-refractivity contribution is 5.94. The van der Waals surface area contributed by atoms with Crippen molar-refractivity contribution in [3.8, 4) is 28.5 Å². The molecule has 0 aliphatic heterocycles. The third-order valence-electron chi connectivity index (χ3n) is 5.29. The van der Waals surface area contributed by atoms with Crippen LogP contribution in [-0.4, -0.2) is 32.6 Å². The van der Waals surface area contributed by atoms with Crippen LogP contribution in [0.25, 0.3) is 22.2 Å². The molecule has 5 rings (SSSR count). The van der Waals surface area contributed by atoms with Crippen LogP contribution in [-0.2, 0) is 6.54 Å². The Morgan fingerprint density at radius 3 is 2.66 bits per heavy atom. The summed E-state index contributed by atoms with van der Waals surface area (Å²) in [4.78, 5) is 12.4. The molecule has 7 nitrogen and oxygen atoms in total. The molecule has 1 aliphatic rings. The van der Waals surface area contributed by atoms with Gasteiger partial charge in [-0.3, -0.25) is 4.79 Å². The molecular weight excluding hydrogens is 420 g/mol. The number of H-pyrrole nitrogens is 1. The van der Waals surface area contributed by atoms with Crippen molar-refractivity contribution in [2.75, 3.05) is 0 Å². The number of rotatable bonds is 7. The van der Waals surface area contributed by atoms with E-state index in [1.807, 2.05) is 30.3 Å². The van der Waals surface area contributed by atoms with Gasteiger partial charge in [-0.1, -0.05) is 30.3 Å². The van der Waals surface area contributed by atoms with E-state index in [4.69, 9.17) is 4.74 Å². The lowest BCUT2D eigenvalue weighted by molar-refractivity contribution is -0.0516. The fourth-order valence-electron chi connectivity index (χ4n) is 3.72. The molecule has 0 amide bonds. The molecule has 0 spiro atoms. The predicted octanol–water partition coefficient (Wildman–Crippen LogP) is 4.29. The van der Waals surface area contributed by atoms with Crippen LogP contribution in [0.3, 0.4) is 0 Å². The van der Waals surface area contributed by atoms with Gasteiger partial charge in [-0.15, -0.1) is 0 Å². The van der Waals surface area contributed by atoms with Crippen LogP contribution < -0.4 is 15.0 Å². The molecule has 9 heteroatoms. The highest BCUT2D eigenvalue weighted by Gasteiger charge is 2.27. The molecule has 0 bridgehead atoms. The first-order chi connectivity index (χ1) is 15.5. The lowest BCUT2D eigenvalue weighted by Gasteiger charge is -2.15. The van der Waals surface area contributed by atoms with Crippen LogP contribution in [0.4, 0.5) is 8.78 Å². The largest absolute Gasteiger partial charge is 0.505 e. The zero-order chi connectivity index (χ0) is 22.2. The number of hydrogen-bond donors (Lipinski definition) is 2. The van der Waals surface area contributed by atoms with Crippen LogP contribution in [0.1, 0.15) is 18.4 Å². The Morgan fingerprint density at radius 2 is 1.94 bits per heavy atom. The van der Waals surface area contributed by atoms with Gasteiger partial charge in [0.05, 0.1) is 23.5 Å². The summed E-state index contributed by atoms with van der Waals surface area (Å²) in [6, 6.07) is 14.0. The Hall–Kier alpha value is -3.88. The van der Waals surface area contributed by atoms with E-state index in [2.05, 4.69) is 14.9 Å². The highest BCUT2D eigenvalue weighted by atomic mass is 19.3. The van der Waals surface area contributed by atoms with Crippen LogP contribution in [0.2, 0.25) is 0 Å². The van der Waals surface area contributed by atoms with E-state index in [9.17, 15) is 18.7 Å². The predicted molar refractivity (Wildman–Crippen MR) is 113 cm³/mol. The van der Waals surface area contributed by atoms with Gasteiger partial charge in [-0.25, -0.2) is 5.10 Å². The van der Waals surface area contributed by atoms with E-state index in [1.54, 1.807) is 16.7 Å². The van der Waals surface area contributed by atoms with E-state index in [0.29, 0.717) is 23.3 Å². The second-order valence-corrected chi connectivity index (χ2v) is 7.59. The van der Waals surface area contributed by atoms with Crippen molar-refractivity contribution in [2.24, 2.45) is 0 Å². The molecule has 2 aromatic carbocycles. The highest BCUT2D eigenvalue weighted by Crippen LogP contribution is 2.42. The third kappa shape index (κ3) is 3.77.